The van der Waals surface area contributed by atoms with Crippen molar-refractivity contribution in [1.82, 2.24) is 5.32 Å². The number of benzene rings is 2. The second-order valence-electron chi connectivity index (χ2n) is 7.13. The van der Waals surface area contributed by atoms with E-state index in [1.165, 1.54) is 44.1 Å². The van der Waals surface area contributed by atoms with Crippen molar-refractivity contribution in [3.8, 4) is 0 Å². The number of amides is 1. The molecule has 1 amide bonds. The first-order chi connectivity index (χ1) is 12.7. The molecule has 0 atom stereocenters. The molecule has 1 N–H and O–H groups in total. The first-order valence-corrected chi connectivity index (χ1v) is 10.3. The summed E-state index contributed by atoms with van der Waals surface area (Å²) in [4.78, 5) is 12.0. The van der Waals surface area contributed by atoms with Gasteiger partial charge in [0.1, 0.15) is 0 Å². The fraction of sp³-hybridized carbons (Fsp3) is 0.348. The Kier molecular flexibility index (Phi) is 7.07. The third kappa shape index (κ3) is 6.14. The van der Waals surface area contributed by atoms with Crippen LogP contribution < -0.4 is 5.32 Å². The lowest BCUT2D eigenvalue weighted by molar-refractivity contribution is -0.116. The van der Waals surface area contributed by atoms with Crippen LogP contribution >= 0.6 is 15.9 Å². The number of hydrogen-bond acceptors (Lipinski definition) is 1. The van der Waals surface area contributed by atoms with Gasteiger partial charge in [-0.05, 0) is 47.2 Å². The van der Waals surface area contributed by atoms with E-state index in [2.05, 4.69) is 45.5 Å². The van der Waals surface area contributed by atoms with E-state index in [-0.39, 0.29) is 5.91 Å². The topological polar surface area (TPSA) is 29.1 Å². The normalized spacial score (nSPS) is 15.3. The van der Waals surface area contributed by atoms with Crippen molar-refractivity contribution < 1.29 is 4.79 Å². The fourth-order valence-corrected chi connectivity index (χ4v) is 3.97. The first-order valence-electron chi connectivity index (χ1n) is 9.48. The Hall–Kier alpha value is -1.87. The minimum absolute atomic E-state index is 0.0729. The maximum absolute atomic E-state index is 12.0. The number of nitrogens with one attached hydrogen (secondary N) is 1. The molecular formula is C23H26BrNO. The monoisotopic (exact) mass is 411 g/mol. The summed E-state index contributed by atoms with van der Waals surface area (Å²) in [6, 6.07) is 16.6. The van der Waals surface area contributed by atoms with Crippen molar-refractivity contribution in [1.29, 1.82) is 0 Å². The van der Waals surface area contributed by atoms with Crippen LogP contribution in [0.5, 0.6) is 0 Å². The maximum atomic E-state index is 12.0. The zero-order valence-electron chi connectivity index (χ0n) is 15.1. The Morgan fingerprint density at radius 1 is 1.04 bits per heavy atom. The van der Waals surface area contributed by atoms with Crippen molar-refractivity contribution in [3.05, 3.63) is 75.8 Å². The van der Waals surface area contributed by atoms with Gasteiger partial charge in [-0.1, -0.05) is 84.4 Å². The summed E-state index contributed by atoms with van der Waals surface area (Å²) in [6.07, 6.45) is 11.6. The highest BCUT2D eigenvalue weighted by Crippen LogP contribution is 2.26. The number of carbonyl (C=O) groups is 1. The molecule has 1 aliphatic rings. The van der Waals surface area contributed by atoms with Gasteiger partial charge in [0.15, 0.2) is 0 Å². The van der Waals surface area contributed by atoms with Crippen molar-refractivity contribution in [2.45, 2.75) is 45.1 Å². The second kappa shape index (κ2) is 9.72. The van der Waals surface area contributed by atoms with Gasteiger partial charge in [-0.15, -0.1) is 0 Å². The highest BCUT2D eigenvalue weighted by Gasteiger charge is 2.13. The molecule has 0 aliphatic heterocycles. The second-order valence-corrected chi connectivity index (χ2v) is 8.05. The van der Waals surface area contributed by atoms with Crippen LogP contribution in [0.25, 0.3) is 6.08 Å². The van der Waals surface area contributed by atoms with Crippen LogP contribution in [0.4, 0.5) is 0 Å². The van der Waals surface area contributed by atoms with Gasteiger partial charge in [-0.2, -0.15) is 0 Å². The third-order valence-electron chi connectivity index (χ3n) is 5.01. The molecule has 2 aromatic carbocycles. The summed E-state index contributed by atoms with van der Waals surface area (Å²) in [5.41, 5.74) is 3.56. The van der Waals surface area contributed by atoms with Gasteiger partial charge in [-0.25, -0.2) is 0 Å². The number of rotatable bonds is 6. The van der Waals surface area contributed by atoms with Crippen molar-refractivity contribution in [2.75, 3.05) is 0 Å². The standard InChI is InChI=1S/C23H26BrNO/c24-22-8-4-7-19(16-22)13-14-23(26)25-17-21-11-9-20(10-12-21)15-18-5-2-1-3-6-18/h4,7-14,16,18H,1-3,5-6,15,17H2,(H,25,26). The predicted octanol–water partition coefficient (Wildman–Crippen LogP) is 5.90. The Morgan fingerprint density at radius 2 is 1.77 bits per heavy atom. The molecule has 1 aliphatic carbocycles. The van der Waals surface area contributed by atoms with Gasteiger partial charge in [0, 0.05) is 17.1 Å². The van der Waals surface area contributed by atoms with Crippen LogP contribution in [0.3, 0.4) is 0 Å². The van der Waals surface area contributed by atoms with E-state index >= 15 is 0 Å². The molecule has 1 saturated carbocycles. The summed E-state index contributed by atoms with van der Waals surface area (Å²) in [6.45, 7) is 0.561. The SMILES string of the molecule is O=C(C=Cc1cccc(Br)c1)NCc1ccc(CC2CCCCC2)cc1. The average molecular weight is 412 g/mol. The molecule has 0 heterocycles. The molecule has 2 aromatic rings. The van der Waals surface area contributed by atoms with E-state index in [4.69, 9.17) is 0 Å². The molecule has 0 bridgehead atoms. The van der Waals surface area contributed by atoms with Crippen LogP contribution in [0.1, 0.15) is 48.8 Å². The predicted molar refractivity (Wildman–Crippen MR) is 112 cm³/mol. The third-order valence-corrected chi connectivity index (χ3v) is 5.51. The van der Waals surface area contributed by atoms with Crippen molar-refractivity contribution in [2.24, 2.45) is 5.92 Å². The van der Waals surface area contributed by atoms with Gasteiger partial charge in [0.2, 0.25) is 5.91 Å². The molecule has 0 unspecified atom stereocenters. The van der Waals surface area contributed by atoms with Crippen LogP contribution in [-0.4, -0.2) is 5.91 Å². The quantitative estimate of drug-likeness (QED) is 0.588. The molecule has 3 rings (SSSR count). The lowest BCUT2D eigenvalue weighted by atomic mass is 9.85. The first kappa shape index (κ1) is 18.9. The Labute approximate surface area is 164 Å². The molecule has 0 saturated heterocycles. The van der Waals surface area contributed by atoms with Crippen molar-refractivity contribution in [3.63, 3.8) is 0 Å². The number of carbonyl (C=O) groups excluding carboxylic acids is 1. The zero-order valence-corrected chi connectivity index (χ0v) is 16.7. The van der Waals surface area contributed by atoms with Gasteiger partial charge >= 0.3 is 0 Å². The minimum atomic E-state index is -0.0729. The van der Waals surface area contributed by atoms with E-state index in [0.717, 1.165) is 21.5 Å². The number of hydrogen-bond donors (Lipinski definition) is 1. The van der Waals surface area contributed by atoms with Crippen LogP contribution in [0, 0.1) is 5.92 Å². The van der Waals surface area contributed by atoms with E-state index in [9.17, 15) is 4.79 Å². The van der Waals surface area contributed by atoms with Gasteiger partial charge in [0.25, 0.3) is 0 Å². The minimum Gasteiger partial charge on any atom is -0.348 e. The molecule has 0 radical (unpaired) electrons. The molecule has 1 fully saturated rings. The van der Waals surface area contributed by atoms with E-state index in [0.29, 0.717) is 6.54 Å². The highest BCUT2D eigenvalue weighted by molar-refractivity contribution is 9.10. The van der Waals surface area contributed by atoms with Crippen LogP contribution in [0.15, 0.2) is 59.1 Å². The van der Waals surface area contributed by atoms with E-state index in [1.807, 2.05) is 30.3 Å². The summed E-state index contributed by atoms with van der Waals surface area (Å²) < 4.78 is 1.01. The molecule has 26 heavy (non-hydrogen) atoms. The molecule has 0 aromatic heterocycles. The van der Waals surface area contributed by atoms with Crippen molar-refractivity contribution >= 4 is 27.9 Å². The summed E-state index contributed by atoms with van der Waals surface area (Å²) in [5.74, 6) is 0.786. The molecule has 0 spiro atoms. The van der Waals surface area contributed by atoms with E-state index < -0.39 is 0 Å². The Morgan fingerprint density at radius 3 is 2.50 bits per heavy atom. The van der Waals surface area contributed by atoms with E-state index in [1.54, 1.807) is 6.08 Å². The number of halogens is 1. The fourth-order valence-electron chi connectivity index (χ4n) is 3.55. The van der Waals surface area contributed by atoms with Crippen LogP contribution in [0.2, 0.25) is 0 Å². The zero-order chi connectivity index (χ0) is 18.2. The Bertz CT molecular complexity index is 745. The average Bonchev–Trinajstić information content (AvgIpc) is 2.67. The van der Waals surface area contributed by atoms with Crippen LogP contribution in [-0.2, 0) is 17.8 Å². The highest BCUT2D eigenvalue weighted by atomic mass is 79.9. The molecular weight excluding hydrogens is 386 g/mol. The summed E-state index contributed by atoms with van der Waals surface area (Å²) in [7, 11) is 0. The van der Waals surface area contributed by atoms with Gasteiger partial charge in [0.05, 0.1) is 0 Å². The van der Waals surface area contributed by atoms with Gasteiger partial charge in [-0.3, -0.25) is 4.79 Å². The largest absolute Gasteiger partial charge is 0.348 e. The van der Waals surface area contributed by atoms with Gasteiger partial charge < -0.3 is 5.32 Å². The lowest BCUT2D eigenvalue weighted by Crippen LogP contribution is -2.20. The lowest BCUT2D eigenvalue weighted by Gasteiger charge is -2.21. The smallest absolute Gasteiger partial charge is 0.244 e. The summed E-state index contributed by atoms with van der Waals surface area (Å²) >= 11 is 3.43. The molecule has 136 valence electrons. The molecule has 2 nitrogen and oxygen atoms in total. The maximum Gasteiger partial charge on any atom is 0.244 e. The molecule has 3 heteroatoms. The Balaban J connectivity index is 1.45. The summed E-state index contributed by atoms with van der Waals surface area (Å²) in [5, 5.41) is 2.95.